The fourth-order valence-corrected chi connectivity index (χ4v) is 3.50. The first-order valence-electron chi connectivity index (χ1n) is 10.6. The Morgan fingerprint density at radius 3 is 2.66 bits per heavy atom. The fourth-order valence-electron chi connectivity index (χ4n) is 3.50. The molecule has 2 rings (SSSR count). The van der Waals surface area contributed by atoms with E-state index in [9.17, 15) is 4.79 Å². The lowest BCUT2D eigenvalue weighted by Crippen LogP contribution is -2.38. The molecule has 2 heterocycles. The van der Waals surface area contributed by atoms with Crippen molar-refractivity contribution in [3.05, 3.63) is 24.2 Å². The van der Waals surface area contributed by atoms with Crippen LogP contribution >= 0.6 is 24.0 Å². The summed E-state index contributed by atoms with van der Waals surface area (Å²) in [7, 11) is 1.44. The Labute approximate surface area is 192 Å². The summed E-state index contributed by atoms with van der Waals surface area (Å²) in [6.07, 6.45) is 8.82. The van der Waals surface area contributed by atoms with Crippen molar-refractivity contribution in [2.24, 2.45) is 4.99 Å². The predicted molar refractivity (Wildman–Crippen MR) is 127 cm³/mol. The van der Waals surface area contributed by atoms with Crippen LogP contribution < -0.4 is 10.6 Å². The predicted octanol–water partition coefficient (Wildman–Crippen LogP) is 3.71. The highest BCUT2D eigenvalue weighted by Crippen LogP contribution is 2.25. The Morgan fingerprint density at radius 2 is 2.00 bits per heavy atom. The number of aliphatic imine (C=N–C) groups is 1. The summed E-state index contributed by atoms with van der Waals surface area (Å²) in [6.45, 7) is 6.68. The van der Waals surface area contributed by atoms with E-state index in [4.69, 9.17) is 9.41 Å². The van der Waals surface area contributed by atoms with Crippen molar-refractivity contribution in [2.75, 3.05) is 39.8 Å². The van der Waals surface area contributed by atoms with E-state index >= 15 is 0 Å². The molecule has 1 unspecified atom stereocenters. The summed E-state index contributed by atoms with van der Waals surface area (Å²) < 4.78 is 10.3. The molecule has 1 atom stereocenters. The standard InChI is InChI=1S/C21H36N4O3.HI/c1-3-22-21(23-13-7-5-4-6-12-20(26)27-2)24-17-18(19-11-10-16-28-19)25-14-8-9-15-25;/h10-11,16,18H,3-9,12-15,17H2,1-2H3,(H2,22,23,24);1H. The first-order valence-corrected chi connectivity index (χ1v) is 10.6. The summed E-state index contributed by atoms with van der Waals surface area (Å²) >= 11 is 0. The number of ether oxygens (including phenoxy) is 1. The van der Waals surface area contributed by atoms with Crippen LogP contribution in [0.1, 0.15) is 63.7 Å². The minimum atomic E-state index is -0.121. The van der Waals surface area contributed by atoms with Crippen LogP contribution in [0, 0.1) is 0 Å². The number of hydrogen-bond acceptors (Lipinski definition) is 5. The first-order chi connectivity index (χ1) is 13.7. The molecule has 0 radical (unpaired) electrons. The molecule has 1 fully saturated rings. The molecule has 8 heteroatoms. The molecule has 0 aromatic carbocycles. The van der Waals surface area contributed by atoms with Gasteiger partial charge >= 0.3 is 5.97 Å². The molecule has 1 aromatic heterocycles. The second kappa shape index (κ2) is 15.5. The van der Waals surface area contributed by atoms with Crippen LogP contribution in [0.3, 0.4) is 0 Å². The van der Waals surface area contributed by atoms with E-state index in [2.05, 4.69) is 27.2 Å². The van der Waals surface area contributed by atoms with Gasteiger partial charge in [-0.3, -0.25) is 14.7 Å². The molecule has 0 amide bonds. The van der Waals surface area contributed by atoms with E-state index < -0.39 is 0 Å². The largest absolute Gasteiger partial charge is 0.469 e. The molecule has 1 aliphatic heterocycles. The normalized spacial score (nSPS) is 15.6. The number of nitrogens with one attached hydrogen (secondary N) is 2. The lowest BCUT2D eigenvalue weighted by molar-refractivity contribution is -0.140. The zero-order chi connectivity index (χ0) is 20.0. The summed E-state index contributed by atoms with van der Waals surface area (Å²) in [5, 5.41) is 6.75. The van der Waals surface area contributed by atoms with Gasteiger partial charge in [0.05, 0.1) is 26.0 Å². The first kappa shape index (κ1) is 25.7. The number of nitrogens with zero attached hydrogens (tertiary/aromatic N) is 2. The maximum Gasteiger partial charge on any atom is 0.305 e. The van der Waals surface area contributed by atoms with Crippen LogP contribution in [-0.2, 0) is 9.53 Å². The zero-order valence-corrected chi connectivity index (χ0v) is 20.2. The second-order valence-corrected chi connectivity index (χ2v) is 7.16. The van der Waals surface area contributed by atoms with Crippen molar-refractivity contribution in [3.8, 4) is 0 Å². The van der Waals surface area contributed by atoms with Gasteiger partial charge in [-0.2, -0.15) is 0 Å². The van der Waals surface area contributed by atoms with Crippen molar-refractivity contribution in [3.63, 3.8) is 0 Å². The summed E-state index contributed by atoms with van der Waals surface area (Å²) in [6, 6.07) is 4.20. The quantitative estimate of drug-likeness (QED) is 0.144. The zero-order valence-electron chi connectivity index (χ0n) is 17.8. The monoisotopic (exact) mass is 520 g/mol. The number of guanidine groups is 1. The van der Waals surface area contributed by atoms with Gasteiger partial charge in [-0.05, 0) is 57.8 Å². The Kier molecular flexibility index (Phi) is 13.8. The molecule has 0 bridgehead atoms. The van der Waals surface area contributed by atoms with Crippen molar-refractivity contribution in [2.45, 2.75) is 57.9 Å². The van der Waals surface area contributed by atoms with Crippen LogP contribution in [-0.4, -0.2) is 56.7 Å². The fraction of sp³-hybridized carbons (Fsp3) is 0.714. The van der Waals surface area contributed by atoms with Crippen LogP contribution in [0.2, 0.25) is 0 Å². The van der Waals surface area contributed by atoms with Crippen LogP contribution in [0.4, 0.5) is 0 Å². The SMILES string of the molecule is CCNC(=NCC(c1ccco1)N1CCCC1)NCCCCCCC(=O)OC.I. The van der Waals surface area contributed by atoms with Crippen LogP contribution in [0.5, 0.6) is 0 Å². The number of carbonyl (C=O) groups excluding carboxylic acids is 1. The Morgan fingerprint density at radius 1 is 1.24 bits per heavy atom. The number of hydrogen-bond donors (Lipinski definition) is 2. The molecule has 0 spiro atoms. The number of carbonyl (C=O) groups is 1. The van der Waals surface area contributed by atoms with E-state index in [1.165, 1.54) is 20.0 Å². The highest BCUT2D eigenvalue weighted by Gasteiger charge is 2.25. The van der Waals surface area contributed by atoms with Gasteiger partial charge in [0.25, 0.3) is 0 Å². The highest BCUT2D eigenvalue weighted by molar-refractivity contribution is 14.0. The molecule has 0 saturated carbocycles. The maximum absolute atomic E-state index is 11.1. The average Bonchev–Trinajstić information content (AvgIpc) is 3.41. The van der Waals surface area contributed by atoms with E-state index in [1.54, 1.807) is 6.26 Å². The van der Waals surface area contributed by atoms with Crippen molar-refractivity contribution >= 4 is 35.9 Å². The van der Waals surface area contributed by atoms with Crippen LogP contribution in [0.15, 0.2) is 27.8 Å². The van der Waals surface area contributed by atoms with Crippen molar-refractivity contribution in [1.82, 2.24) is 15.5 Å². The number of methoxy groups -OCH3 is 1. The van der Waals surface area contributed by atoms with Gasteiger partial charge in [0.15, 0.2) is 5.96 Å². The van der Waals surface area contributed by atoms with Gasteiger partial charge in [0.1, 0.15) is 5.76 Å². The highest BCUT2D eigenvalue weighted by atomic mass is 127. The van der Waals surface area contributed by atoms with E-state index in [0.29, 0.717) is 13.0 Å². The molecule has 2 N–H and O–H groups in total. The van der Waals surface area contributed by atoms with E-state index in [1.807, 2.05) is 12.1 Å². The van der Waals surface area contributed by atoms with Gasteiger partial charge in [-0.25, -0.2) is 0 Å². The van der Waals surface area contributed by atoms with Gasteiger partial charge in [0.2, 0.25) is 0 Å². The van der Waals surface area contributed by atoms with Gasteiger partial charge in [-0.15, -0.1) is 24.0 Å². The summed E-state index contributed by atoms with van der Waals surface area (Å²) in [5.41, 5.74) is 0. The van der Waals surface area contributed by atoms with Crippen molar-refractivity contribution < 1.29 is 13.9 Å². The van der Waals surface area contributed by atoms with E-state index in [-0.39, 0.29) is 36.0 Å². The molecule has 7 nitrogen and oxygen atoms in total. The smallest absolute Gasteiger partial charge is 0.305 e. The third kappa shape index (κ3) is 9.84. The van der Waals surface area contributed by atoms with Gasteiger partial charge in [0, 0.05) is 19.5 Å². The summed E-state index contributed by atoms with van der Waals surface area (Å²) in [5.74, 6) is 1.73. The number of rotatable bonds is 12. The molecule has 0 aliphatic carbocycles. The van der Waals surface area contributed by atoms with Gasteiger partial charge < -0.3 is 19.8 Å². The average molecular weight is 520 g/mol. The Balaban J connectivity index is 0.00000420. The van der Waals surface area contributed by atoms with Gasteiger partial charge in [-0.1, -0.05) is 12.8 Å². The number of esters is 1. The molecule has 1 saturated heterocycles. The lowest BCUT2D eigenvalue weighted by Gasteiger charge is -2.24. The number of halogens is 1. The third-order valence-electron chi connectivity index (χ3n) is 5.05. The minimum absolute atomic E-state index is 0. The molecule has 29 heavy (non-hydrogen) atoms. The topological polar surface area (TPSA) is 79.1 Å². The lowest BCUT2D eigenvalue weighted by atomic mass is 10.1. The summed E-state index contributed by atoms with van der Waals surface area (Å²) in [4.78, 5) is 18.4. The molecule has 1 aliphatic rings. The molecular weight excluding hydrogens is 483 g/mol. The minimum Gasteiger partial charge on any atom is -0.469 e. The molecular formula is C21H37IN4O3. The molecule has 1 aromatic rings. The molecule has 166 valence electrons. The Hall–Kier alpha value is -1.29. The number of furan rings is 1. The maximum atomic E-state index is 11.1. The number of likely N-dealkylation sites (tertiary alicyclic amines) is 1. The number of unbranched alkanes of at least 4 members (excludes halogenated alkanes) is 3. The second-order valence-electron chi connectivity index (χ2n) is 7.16. The Bertz CT molecular complexity index is 574. The van der Waals surface area contributed by atoms with Crippen LogP contribution in [0.25, 0.3) is 0 Å². The van der Waals surface area contributed by atoms with Crippen molar-refractivity contribution in [1.29, 1.82) is 0 Å². The van der Waals surface area contributed by atoms with E-state index in [0.717, 1.165) is 63.6 Å². The third-order valence-corrected chi connectivity index (χ3v) is 5.05.